The summed E-state index contributed by atoms with van der Waals surface area (Å²) in [6, 6.07) is 8.46. The number of amides is 1. The number of ether oxygens (including phenoxy) is 1. The van der Waals surface area contributed by atoms with Gasteiger partial charge in [-0.3, -0.25) is 4.79 Å². The van der Waals surface area contributed by atoms with Gasteiger partial charge in [0.15, 0.2) is 0 Å². The second kappa shape index (κ2) is 7.59. The molecule has 1 N–H and O–H groups in total. The van der Waals surface area contributed by atoms with Crippen LogP contribution in [0.4, 0.5) is 10.1 Å². The lowest BCUT2D eigenvalue weighted by molar-refractivity contribution is -0.116. The molecule has 2 aromatic carbocycles. The van der Waals surface area contributed by atoms with Gasteiger partial charge in [-0.2, -0.15) is 8.68 Å². The number of halogens is 1. The Balaban J connectivity index is 1.76. The first-order valence-corrected chi connectivity index (χ1v) is 9.97. The number of likely N-dealkylation sites (N-methyl/N-ethyl adjacent to an activating group) is 1. The van der Waals surface area contributed by atoms with Crippen LogP contribution in [0.5, 0.6) is 5.75 Å². The summed E-state index contributed by atoms with van der Waals surface area (Å²) < 4.78 is 49.7. The van der Waals surface area contributed by atoms with Gasteiger partial charge in [-0.15, -0.1) is 0 Å². The van der Waals surface area contributed by atoms with Crippen LogP contribution >= 0.6 is 11.5 Å². The Kier molecular flexibility index (Phi) is 5.40. The predicted molar refractivity (Wildman–Crippen MR) is 101 cm³/mol. The van der Waals surface area contributed by atoms with Crippen molar-refractivity contribution >= 4 is 43.2 Å². The molecule has 0 fully saturated rings. The molecule has 3 aromatic rings. The van der Waals surface area contributed by atoms with Crippen molar-refractivity contribution in [3.8, 4) is 5.75 Å². The Morgan fingerprint density at radius 3 is 2.81 bits per heavy atom. The van der Waals surface area contributed by atoms with Crippen LogP contribution in [0, 0.1) is 5.82 Å². The zero-order valence-corrected chi connectivity index (χ0v) is 16.1. The van der Waals surface area contributed by atoms with Crippen molar-refractivity contribution in [3.63, 3.8) is 0 Å². The van der Waals surface area contributed by atoms with E-state index in [1.165, 1.54) is 31.8 Å². The third kappa shape index (κ3) is 4.07. The van der Waals surface area contributed by atoms with Gasteiger partial charge < -0.3 is 10.1 Å². The number of hydrogen-bond acceptors (Lipinski definition) is 6. The molecule has 1 aromatic heterocycles. The average molecular weight is 409 g/mol. The molecule has 0 bridgehead atoms. The van der Waals surface area contributed by atoms with Crippen molar-refractivity contribution in [2.24, 2.45) is 0 Å². The molecule has 0 unspecified atom stereocenters. The summed E-state index contributed by atoms with van der Waals surface area (Å²) in [5, 5.41) is 3.52. The Labute approximate surface area is 159 Å². The molecule has 0 spiro atoms. The summed E-state index contributed by atoms with van der Waals surface area (Å²) in [6.45, 7) is -0.443. The highest BCUT2D eigenvalue weighted by Crippen LogP contribution is 2.27. The second-order valence-electron chi connectivity index (χ2n) is 5.68. The van der Waals surface area contributed by atoms with Crippen LogP contribution in [-0.4, -0.2) is 43.7 Å². The Hall–Kier alpha value is -2.56. The van der Waals surface area contributed by atoms with E-state index in [1.807, 2.05) is 6.07 Å². The number of methoxy groups -OCH3 is 1. The van der Waals surface area contributed by atoms with Crippen molar-refractivity contribution in [1.29, 1.82) is 0 Å². The fourth-order valence-electron chi connectivity index (χ4n) is 2.46. The molecule has 0 radical (unpaired) electrons. The summed E-state index contributed by atoms with van der Waals surface area (Å²) in [6.07, 6.45) is 1.68. The lowest BCUT2D eigenvalue weighted by atomic mass is 10.2. The number of fused-ring (bicyclic) bond motifs is 1. The van der Waals surface area contributed by atoms with Crippen molar-refractivity contribution < 1.29 is 22.3 Å². The highest BCUT2D eigenvalue weighted by atomic mass is 32.2. The third-order valence-corrected chi connectivity index (χ3v) is 6.42. The summed E-state index contributed by atoms with van der Waals surface area (Å²) in [5.41, 5.74) is 0.529. The first kappa shape index (κ1) is 19.2. The molecule has 142 valence electrons. The summed E-state index contributed by atoms with van der Waals surface area (Å²) in [7, 11) is -1.59. The molecule has 0 aliphatic rings. The van der Waals surface area contributed by atoms with E-state index in [4.69, 9.17) is 4.74 Å². The molecule has 3 rings (SSSR count). The maximum Gasteiger partial charge on any atom is 0.247 e. The van der Waals surface area contributed by atoms with Crippen LogP contribution in [0.2, 0.25) is 0 Å². The zero-order valence-electron chi connectivity index (χ0n) is 14.5. The topological polar surface area (TPSA) is 88.6 Å². The van der Waals surface area contributed by atoms with Crippen molar-refractivity contribution in [2.75, 3.05) is 26.0 Å². The number of hydrogen-bond donors (Lipinski definition) is 1. The number of benzene rings is 2. The quantitative estimate of drug-likeness (QED) is 0.676. The van der Waals surface area contributed by atoms with E-state index < -0.39 is 28.3 Å². The van der Waals surface area contributed by atoms with Gasteiger partial charge in [-0.05, 0) is 47.9 Å². The molecule has 0 aliphatic carbocycles. The molecule has 0 aliphatic heterocycles. The minimum absolute atomic E-state index is 0.000863. The van der Waals surface area contributed by atoms with Crippen LogP contribution in [0.1, 0.15) is 0 Å². The summed E-state index contributed by atoms with van der Waals surface area (Å²) in [4.78, 5) is 11.9. The molecule has 7 nitrogen and oxygen atoms in total. The fourth-order valence-corrected chi connectivity index (χ4v) is 4.37. The average Bonchev–Trinajstić information content (AvgIpc) is 3.09. The number of nitrogens with zero attached hydrogens (tertiary/aromatic N) is 2. The van der Waals surface area contributed by atoms with Crippen LogP contribution < -0.4 is 10.1 Å². The minimum Gasteiger partial charge on any atom is -0.495 e. The zero-order chi connectivity index (χ0) is 19.6. The molecular formula is C17H16FN3O4S2. The molecular weight excluding hydrogens is 393 g/mol. The normalized spacial score (nSPS) is 11.7. The smallest absolute Gasteiger partial charge is 0.247 e. The van der Waals surface area contributed by atoms with Crippen LogP contribution in [-0.2, 0) is 14.8 Å². The number of anilines is 1. The summed E-state index contributed by atoms with van der Waals surface area (Å²) >= 11 is 1.34. The van der Waals surface area contributed by atoms with Gasteiger partial charge in [-0.1, -0.05) is 0 Å². The van der Waals surface area contributed by atoms with Gasteiger partial charge in [0.1, 0.15) is 16.5 Å². The molecule has 1 heterocycles. The predicted octanol–water partition coefficient (Wildman–Crippen LogP) is 2.70. The monoisotopic (exact) mass is 409 g/mol. The van der Waals surface area contributed by atoms with E-state index in [0.29, 0.717) is 5.69 Å². The van der Waals surface area contributed by atoms with Gasteiger partial charge in [0.25, 0.3) is 0 Å². The van der Waals surface area contributed by atoms with Crippen LogP contribution in [0.3, 0.4) is 0 Å². The van der Waals surface area contributed by atoms with Crippen LogP contribution in [0.15, 0.2) is 47.5 Å². The van der Waals surface area contributed by atoms with E-state index in [1.54, 1.807) is 18.3 Å². The first-order chi connectivity index (χ1) is 12.8. The largest absolute Gasteiger partial charge is 0.495 e. The van der Waals surface area contributed by atoms with Crippen molar-refractivity contribution in [1.82, 2.24) is 8.68 Å². The fraction of sp³-hybridized carbons (Fsp3) is 0.176. The Morgan fingerprint density at radius 1 is 1.30 bits per heavy atom. The standard InChI is InChI=1S/C17H16FN3O4S2/c1-21(27(23,24)16-8-12(18)3-5-14(16)25-2)10-17(22)20-13-4-6-15-11(7-13)9-19-26-15/h3-9H,10H2,1-2H3,(H,20,22). The maximum atomic E-state index is 13.5. The van der Waals surface area contributed by atoms with Gasteiger partial charge in [0, 0.05) is 24.3 Å². The molecule has 1 amide bonds. The Morgan fingerprint density at radius 2 is 2.07 bits per heavy atom. The summed E-state index contributed by atoms with van der Waals surface area (Å²) in [5.74, 6) is -1.25. The van der Waals surface area contributed by atoms with Crippen molar-refractivity contribution in [3.05, 3.63) is 48.4 Å². The van der Waals surface area contributed by atoms with E-state index in [9.17, 15) is 17.6 Å². The first-order valence-electron chi connectivity index (χ1n) is 7.75. The second-order valence-corrected chi connectivity index (χ2v) is 8.53. The molecule has 10 heteroatoms. The number of carbonyl (C=O) groups excluding carboxylic acids is 1. The number of rotatable bonds is 6. The molecule has 0 saturated heterocycles. The maximum absolute atomic E-state index is 13.5. The van der Waals surface area contributed by atoms with Gasteiger partial charge >= 0.3 is 0 Å². The number of carbonyl (C=O) groups is 1. The van der Waals surface area contributed by atoms with Gasteiger partial charge in [0.05, 0.1) is 18.4 Å². The minimum atomic E-state index is -4.12. The number of aromatic nitrogens is 1. The van der Waals surface area contributed by atoms with Crippen molar-refractivity contribution in [2.45, 2.75) is 4.90 Å². The van der Waals surface area contributed by atoms with Gasteiger partial charge in [-0.25, -0.2) is 12.8 Å². The van der Waals surface area contributed by atoms with E-state index in [-0.39, 0.29) is 10.6 Å². The highest BCUT2D eigenvalue weighted by molar-refractivity contribution is 7.89. The third-order valence-electron chi connectivity index (χ3n) is 3.82. The van der Waals surface area contributed by atoms with Crippen LogP contribution in [0.25, 0.3) is 10.1 Å². The lowest BCUT2D eigenvalue weighted by Crippen LogP contribution is -2.35. The van der Waals surface area contributed by atoms with E-state index >= 15 is 0 Å². The molecule has 0 atom stereocenters. The Bertz CT molecular complexity index is 1100. The number of sulfonamides is 1. The number of nitrogens with one attached hydrogen (secondary N) is 1. The van der Waals surface area contributed by atoms with E-state index in [2.05, 4.69) is 9.69 Å². The highest BCUT2D eigenvalue weighted by Gasteiger charge is 2.27. The van der Waals surface area contributed by atoms with E-state index in [0.717, 1.165) is 26.5 Å². The molecule has 27 heavy (non-hydrogen) atoms. The lowest BCUT2D eigenvalue weighted by Gasteiger charge is -2.18. The SMILES string of the molecule is COc1ccc(F)cc1S(=O)(=O)N(C)CC(=O)Nc1ccc2sncc2c1. The molecule has 0 saturated carbocycles. The van der Waals surface area contributed by atoms with Gasteiger partial charge in [0.2, 0.25) is 15.9 Å².